The van der Waals surface area contributed by atoms with Crippen LogP contribution in [0.5, 0.6) is 0 Å². The van der Waals surface area contributed by atoms with Gasteiger partial charge in [-0.2, -0.15) is 0 Å². The maximum absolute atomic E-state index is 6.44. The Kier molecular flexibility index (Phi) is 4.99. The topological polar surface area (TPSA) is 45.6 Å². The predicted molar refractivity (Wildman–Crippen MR) is 124 cm³/mol. The van der Waals surface area contributed by atoms with Crippen LogP contribution in [0.1, 0.15) is 11.3 Å². The molecule has 2 aromatic heterocycles. The quantitative estimate of drug-likeness (QED) is 0.341. The molecule has 0 fully saturated rings. The average molecular weight is 413 g/mol. The summed E-state index contributed by atoms with van der Waals surface area (Å²) in [5.41, 5.74) is 6.70. The van der Waals surface area contributed by atoms with E-state index in [1.807, 2.05) is 49.1 Å². The zero-order chi connectivity index (χ0) is 20.3. The summed E-state index contributed by atoms with van der Waals surface area (Å²) in [5.74, 6) is 0. The minimum atomic E-state index is 0.677. The third-order valence-electron chi connectivity index (χ3n) is 5.34. The number of nitrogens with one attached hydrogen (secondary N) is 2. The standard InChI is InChI=1S/C25H21ClN4/c26-24-10-9-21(13-23(24)18-5-2-1-3-6-18)29-15-22-14-27-17-30(22)16-20-8-4-7-19-11-12-28-25(19)20/h1-14,17,28-29H,15-16H2. The van der Waals surface area contributed by atoms with E-state index in [4.69, 9.17) is 11.6 Å². The summed E-state index contributed by atoms with van der Waals surface area (Å²) in [5, 5.41) is 5.49. The highest BCUT2D eigenvalue weighted by Gasteiger charge is 2.08. The molecule has 2 N–H and O–H groups in total. The Morgan fingerprint density at radius 1 is 0.967 bits per heavy atom. The zero-order valence-corrected chi connectivity index (χ0v) is 17.1. The van der Waals surface area contributed by atoms with Gasteiger partial charge < -0.3 is 14.9 Å². The van der Waals surface area contributed by atoms with Crippen LogP contribution in [0.25, 0.3) is 22.0 Å². The number of hydrogen-bond donors (Lipinski definition) is 2. The second kappa shape index (κ2) is 8.09. The van der Waals surface area contributed by atoms with Gasteiger partial charge in [-0.1, -0.05) is 60.1 Å². The first-order valence-corrected chi connectivity index (χ1v) is 10.3. The van der Waals surface area contributed by atoms with Gasteiger partial charge >= 0.3 is 0 Å². The van der Waals surface area contributed by atoms with Crippen LogP contribution >= 0.6 is 11.6 Å². The molecule has 0 spiro atoms. The molecule has 0 aliphatic heterocycles. The normalized spacial score (nSPS) is 11.1. The molecule has 5 heteroatoms. The molecule has 3 aromatic carbocycles. The molecule has 148 valence electrons. The molecule has 0 saturated carbocycles. The van der Waals surface area contributed by atoms with Crippen molar-refractivity contribution in [2.45, 2.75) is 13.1 Å². The Labute approximate surface area is 180 Å². The van der Waals surface area contributed by atoms with E-state index in [-0.39, 0.29) is 0 Å². The van der Waals surface area contributed by atoms with Crippen molar-refractivity contribution in [3.05, 3.63) is 108 Å². The van der Waals surface area contributed by atoms with Crippen LogP contribution in [0.2, 0.25) is 5.02 Å². The minimum absolute atomic E-state index is 0.677. The number of hydrogen-bond acceptors (Lipinski definition) is 2. The molecule has 0 amide bonds. The lowest BCUT2D eigenvalue weighted by molar-refractivity contribution is 0.752. The van der Waals surface area contributed by atoms with Gasteiger partial charge in [-0.3, -0.25) is 0 Å². The van der Waals surface area contributed by atoms with Crippen molar-refractivity contribution in [2.75, 3.05) is 5.32 Å². The van der Waals surface area contributed by atoms with Gasteiger partial charge in [-0.05, 0) is 40.8 Å². The number of aromatic amines is 1. The van der Waals surface area contributed by atoms with Crippen LogP contribution in [0.15, 0.2) is 91.5 Å². The fourth-order valence-corrected chi connectivity index (χ4v) is 4.00. The summed E-state index contributed by atoms with van der Waals surface area (Å²) in [7, 11) is 0. The molecule has 0 bridgehead atoms. The van der Waals surface area contributed by atoms with Gasteiger partial charge in [0.2, 0.25) is 0 Å². The Bertz CT molecular complexity index is 1290. The summed E-state index contributed by atoms with van der Waals surface area (Å²) in [6.07, 6.45) is 5.78. The third kappa shape index (κ3) is 3.70. The number of anilines is 1. The third-order valence-corrected chi connectivity index (χ3v) is 5.67. The van der Waals surface area contributed by atoms with E-state index in [1.54, 1.807) is 0 Å². The smallest absolute Gasteiger partial charge is 0.0951 e. The van der Waals surface area contributed by atoms with Crippen LogP contribution in [0, 0.1) is 0 Å². The number of benzene rings is 3. The highest BCUT2D eigenvalue weighted by atomic mass is 35.5. The second-order valence-corrected chi connectivity index (χ2v) is 7.69. The monoisotopic (exact) mass is 412 g/mol. The van der Waals surface area contributed by atoms with Gasteiger partial charge in [-0.15, -0.1) is 0 Å². The highest BCUT2D eigenvalue weighted by molar-refractivity contribution is 6.33. The Hall–Kier alpha value is -3.50. The summed E-state index contributed by atoms with van der Waals surface area (Å²) in [6.45, 7) is 1.45. The molecule has 5 aromatic rings. The SMILES string of the molecule is Clc1ccc(NCc2cncn2Cc2cccc3cc[nH]c23)cc1-c1ccccc1. The van der Waals surface area contributed by atoms with Crippen LogP contribution in [0.3, 0.4) is 0 Å². The Morgan fingerprint density at radius 3 is 2.77 bits per heavy atom. The lowest BCUT2D eigenvalue weighted by Gasteiger charge is -2.13. The first-order valence-electron chi connectivity index (χ1n) is 9.91. The number of aromatic nitrogens is 3. The summed E-state index contributed by atoms with van der Waals surface area (Å²) in [4.78, 5) is 7.71. The summed E-state index contributed by atoms with van der Waals surface area (Å²) in [6, 6.07) is 24.7. The molecule has 4 nitrogen and oxygen atoms in total. The van der Waals surface area contributed by atoms with Crippen molar-refractivity contribution in [2.24, 2.45) is 0 Å². The molecule has 0 saturated heterocycles. The zero-order valence-electron chi connectivity index (χ0n) is 16.3. The van der Waals surface area contributed by atoms with Gasteiger partial charge in [0.15, 0.2) is 0 Å². The highest BCUT2D eigenvalue weighted by Crippen LogP contribution is 2.30. The van der Waals surface area contributed by atoms with Crippen molar-refractivity contribution in [1.29, 1.82) is 0 Å². The van der Waals surface area contributed by atoms with E-state index >= 15 is 0 Å². The largest absolute Gasteiger partial charge is 0.379 e. The molecule has 30 heavy (non-hydrogen) atoms. The number of nitrogens with zero attached hydrogens (tertiary/aromatic N) is 2. The first-order chi connectivity index (χ1) is 14.8. The predicted octanol–water partition coefficient (Wildman–Crippen LogP) is 6.35. The van der Waals surface area contributed by atoms with Gasteiger partial charge in [0, 0.05) is 28.7 Å². The van der Waals surface area contributed by atoms with E-state index in [9.17, 15) is 0 Å². The molecule has 0 atom stereocenters. The number of fused-ring (bicyclic) bond motifs is 1. The van der Waals surface area contributed by atoms with Crippen molar-refractivity contribution in [3.63, 3.8) is 0 Å². The molecular weight excluding hydrogens is 392 g/mol. The van der Waals surface area contributed by atoms with E-state index in [2.05, 4.69) is 62.3 Å². The number of rotatable bonds is 6. The molecule has 0 radical (unpaired) electrons. The number of para-hydroxylation sites is 1. The Morgan fingerprint density at radius 2 is 1.87 bits per heavy atom. The average Bonchev–Trinajstić information content (AvgIpc) is 3.44. The van der Waals surface area contributed by atoms with Crippen LogP contribution in [-0.4, -0.2) is 14.5 Å². The van der Waals surface area contributed by atoms with Crippen LogP contribution in [0.4, 0.5) is 5.69 Å². The first kappa shape index (κ1) is 18.5. The second-order valence-electron chi connectivity index (χ2n) is 7.29. The molecule has 5 rings (SSSR count). The van der Waals surface area contributed by atoms with Crippen LogP contribution in [-0.2, 0) is 13.1 Å². The van der Waals surface area contributed by atoms with Gasteiger partial charge in [-0.25, -0.2) is 4.98 Å². The molecule has 0 unspecified atom stereocenters. The fraction of sp³-hybridized carbons (Fsp3) is 0.0800. The summed E-state index contributed by atoms with van der Waals surface area (Å²) >= 11 is 6.44. The van der Waals surface area contributed by atoms with E-state index in [1.165, 1.54) is 16.5 Å². The van der Waals surface area contributed by atoms with Gasteiger partial charge in [0.25, 0.3) is 0 Å². The van der Waals surface area contributed by atoms with Gasteiger partial charge in [0.1, 0.15) is 0 Å². The van der Waals surface area contributed by atoms with E-state index < -0.39 is 0 Å². The number of H-pyrrole nitrogens is 1. The molecule has 0 aliphatic carbocycles. The molecule has 2 heterocycles. The number of imidazole rings is 1. The van der Waals surface area contributed by atoms with Crippen LogP contribution < -0.4 is 5.32 Å². The fourth-order valence-electron chi connectivity index (χ4n) is 3.77. The van der Waals surface area contributed by atoms with Crippen molar-refractivity contribution in [1.82, 2.24) is 14.5 Å². The van der Waals surface area contributed by atoms with E-state index in [0.717, 1.165) is 34.1 Å². The lowest BCUT2D eigenvalue weighted by Crippen LogP contribution is -2.08. The molecule has 0 aliphatic rings. The Balaban J connectivity index is 1.35. The van der Waals surface area contributed by atoms with E-state index in [0.29, 0.717) is 6.54 Å². The maximum Gasteiger partial charge on any atom is 0.0951 e. The van der Waals surface area contributed by atoms with Gasteiger partial charge in [0.05, 0.1) is 30.6 Å². The molecular formula is C25H21ClN4. The van der Waals surface area contributed by atoms with Crippen molar-refractivity contribution >= 4 is 28.2 Å². The maximum atomic E-state index is 6.44. The number of halogens is 1. The van der Waals surface area contributed by atoms with Crippen molar-refractivity contribution in [3.8, 4) is 11.1 Å². The lowest BCUT2D eigenvalue weighted by atomic mass is 10.1. The minimum Gasteiger partial charge on any atom is -0.379 e. The summed E-state index contributed by atoms with van der Waals surface area (Å²) < 4.78 is 2.18. The van der Waals surface area contributed by atoms with Crippen molar-refractivity contribution < 1.29 is 0 Å².